The van der Waals surface area contributed by atoms with E-state index in [0.29, 0.717) is 31.3 Å². The number of nitrogens with zero attached hydrogens (tertiary/aromatic N) is 4. The Morgan fingerprint density at radius 2 is 1.76 bits per heavy atom. The summed E-state index contributed by atoms with van der Waals surface area (Å²) in [4.78, 5) is 26.1. The van der Waals surface area contributed by atoms with Gasteiger partial charge in [-0.2, -0.15) is 0 Å². The zero-order valence-corrected chi connectivity index (χ0v) is 18.1. The van der Waals surface area contributed by atoms with Crippen molar-refractivity contribution >= 4 is 36.7 Å². The Kier molecular flexibility index (Phi) is 8.68. The van der Waals surface area contributed by atoms with Crippen molar-refractivity contribution in [2.24, 2.45) is 11.7 Å². The molecule has 4 rings (SSSR count). The maximum atomic E-state index is 13.1. The van der Waals surface area contributed by atoms with E-state index in [9.17, 15) is 4.79 Å². The van der Waals surface area contributed by atoms with Gasteiger partial charge in [-0.15, -0.1) is 24.8 Å². The summed E-state index contributed by atoms with van der Waals surface area (Å²) < 4.78 is 0. The predicted octanol–water partition coefficient (Wildman–Crippen LogP) is 3.13. The van der Waals surface area contributed by atoms with Gasteiger partial charge < -0.3 is 15.5 Å². The summed E-state index contributed by atoms with van der Waals surface area (Å²) in [6.45, 7) is 3.87. The lowest BCUT2D eigenvalue weighted by Crippen LogP contribution is -2.33. The number of nitrogens with two attached hydrogens (primary N) is 1. The first-order valence-corrected chi connectivity index (χ1v) is 9.88. The molecule has 2 N–H and O–H groups in total. The van der Waals surface area contributed by atoms with Crippen LogP contribution in [-0.2, 0) is 0 Å². The summed E-state index contributed by atoms with van der Waals surface area (Å²) in [6.07, 6.45) is 5.27. The molecule has 2 aromatic rings. The van der Waals surface area contributed by atoms with Crippen LogP contribution in [0.15, 0.2) is 42.6 Å². The number of aromatic nitrogens is 2. The quantitative estimate of drug-likeness (QED) is 0.794. The summed E-state index contributed by atoms with van der Waals surface area (Å²) in [5.74, 6) is 1.21. The Morgan fingerprint density at radius 1 is 1.03 bits per heavy atom. The van der Waals surface area contributed by atoms with Crippen LogP contribution >= 0.6 is 24.8 Å². The van der Waals surface area contributed by atoms with Crippen molar-refractivity contribution in [1.29, 1.82) is 0 Å². The van der Waals surface area contributed by atoms with E-state index in [2.05, 4.69) is 27.0 Å². The van der Waals surface area contributed by atoms with Gasteiger partial charge in [0.15, 0.2) is 0 Å². The number of halogens is 2. The van der Waals surface area contributed by atoms with Gasteiger partial charge in [0.05, 0.1) is 0 Å². The molecule has 29 heavy (non-hydrogen) atoms. The number of benzene rings is 1. The van der Waals surface area contributed by atoms with Crippen molar-refractivity contribution in [2.45, 2.75) is 25.2 Å². The molecule has 2 aliphatic heterocycles. The third-order valence-electron chi connectivity index (χ3n) is 5.76. The highest BCUT2D eigenvalue weighted by Gasteiger charge is 2.36. The summed E-state index contributed by atoms with van der Waals surface area (Å²) in [5, 5.41) is 0. The second kappa shape index (κ2) is 10.8. The molecule has 2 aliphatic rings. The fourth-order valence-corrected chi connectivity index (χ4v) is 4.23. The van der Waals surface area contributed by atoms with Crippen LogP contribution in [0, 0.1) is 5.92 Å². The number of likely N-dealkylation sites (tertiary alicyclic amines) is 1. The van der Waals surface area contributed by atoms with Crippen LogP contribution in [0.4, 0.5) is 5.95 Å². The van der Waals surface area contributed by atoms with E-state index in [4.69, 9.17) is 5.73 Å². The average Bonchev–Trinajstić information content (AvgIpc) is 3.19. The van der Waals surface area contributed by atoms with Crippen LogP contribution in [0.3, 0.4) is 0 Å². The van der Waals surface area contributed by atoms with Crippen molar-refractivity contribution in [2.75, 3.05) is 37.6 Å². The lowest BCUT2D eigenvalue weighted by atomic mass is 9.89. The minimum atomic E-state index is -0.0208. The Hall–Kier alpha value is -1.89. The second-order valence-electron chi connectivity index (χ2n) is 7.51. The van der Waals surface area contributed by atoms with Gasteiger partial charge in [0.25, 0.3) is 5.91 Å². The molecule has 0 spiro atoms. The van der Waals surface area contributed by atoms with Gasteiger partial charge in [0, 0.05) is 38.3 Å². The zero-order valence-electron chi connectivity index (χ0n) is 16.4. The van der Waals surface area contributed by atoms with Crippen LogP contribution in [0.25, 0.3) is 0 Å². The first-order chi connectivity index (χ1) is 13.3. The van der Waals surface area contributed by atoms with Gasteiger partial charge in [-0.05, 0) is 43.4 Å². The van der Waals surface area contributed by atoms with Gasteiger partial charge in [-0.25, -0.2) is 9.97 Å². The normalized spacial score (nSPS) is 21.3. The number of rotatable bonds is 4. The summed E-state index contributed by atoms with van der Waals surface area (Å²) >= 11 is 0. The molecule has 0 aliphatic carbocycles. The zero-order chi connectivity index (χ0) is 18.6. The first kappa shape index (κ1) is 23.4. The number of hydrogen-bond donors (Lipinski definition) is 1. The van der Waals surface area contributed by atoms with E-state index < -0.39 is 0 Å². The van der Waals surface area contributed by atoms with E-state index in [1.54, 1.807) is 12.3 Å². The molecule has 0 bridgehead atoms. The smallest absolute Gasteiger partial charge is 0.272 e. The fourth-order valence-electron chi connectivity index (χ4n) is 4.23. The van der Waals surface area contributed by atoms with Crippen LogP contribution in [0.5, 0.6) is 0 Å². The third-order valence-corrected chi connectivity index (χ3v) is 5.76. The molecular weight excluding hydrogens is 409 g/mol. The highest BCUT2D eigenvalue weighted by Crippen LogP contribution is 2.32. The number of amides is 1. The molecule has 0 saturated carbocycles. The number of carbonyl (C=O) groups excluding carboxylic acids is 1. The molecule has 8 heteroatoms. The number of carbonyl (C=O) groups is 1. The van der Waals surface area contributed by atoms with E-state index in [1.807, 2.05) is 23.1 Å². The van der Waals surface area contributed by atoms with Gasteiger partial charge in [-0.1, -0.05) is 30.3 Å². The molecule has 2 atom stereocenters. The summed E-state index contributed by atoms with van der Waals surface area (Å²) in [5.41, 5.74) is 7.75. The van der Waals surface area contributed by atoms with Gasteiger partial charge in [0.2, 0.25) is 5.95 Å². The molecular formula is C21H29Cl2N5O. The van der Waals surface area contributed by atoms with Crippen molar-refractivity contribution in [3.8, 4) is 0 Å². The van der Waals surface area contributed by atoms with Gasteiger partial charge in [0.1, 0.15) is 5.69 Å². The van der Waals surface area contributed by atoms with E-state index in [1.165, 1.54) is 12.0 Å². The molecule has 0 radical (unpaired) electrons. The predicted molar refractivity (Wildman–Crippen MR) is 120 cm³/mol. The van der Waals surface area contributed by atoms with Crippen LogP contribution in [0.2, 0.25) is 0 Å². The maximum Gasteiger partial charge on any atom is 0.272 e. The average molecular weight is 438 g/mol. The van der Waals surface area contributed by atoms with Crippen molar-refractivity contribution in [3.63, 3.8) is 0 Å². The Labute approximate surface area is 184 Å². The Bertz CT molecular complexity index is 786. The molecule has 3 heterocycles. The molecule has 6 nitrogen and oxygen atoms in total. The van der Waals surface area contributed by atoms with Crippen LogP contribution in [-0.4, -0.2) is 53.5 Å². The largest absolute Gasteiger partial charge is 0.341 e. The fraction of sp³-hybridized carbons (Fsp3) is 0.476. The van der Waals surface area contributed by atoms with E-state index in [-0.39, 0.29) is 42.6 Å². The molecule has 2 fully saturated rings. The van der Waals surface area contributed by atoms with E-state index in [0.717, 1.165) is 25.9 Å². The van der Waals surface area contributed by atoms with E-state index >= 15 is 0 Å². The molecule has 2 saturated heterocycles. The summed E-state index contributed by atoms with van der Waals surface area (Å²) in [7, 11) is 0. The van der Waals surface area contributed by atoms with Crippen molar-refractivity contribution in [1.82, 2.24) is 14.9 Å². The monoisotopic (exact) mass is 437 g/mol. The van der Waals surface area contributed by atoms with Crippen LogP contribution in [0.1, 0.15) is 41.2 Å². The lowest BCUT2D eigenvalue weighted by Gasteiger charge is -2.26. The number of hydrogen-bond acceptors (Lipinski definition) is 5. The minimum Gasteiger partial charge on any atom is -0.341 e. The minimum absolute atomic E-state index is 0. The van der Waals surface area contributed by atoms with Gasteiger partial charge >= 0.3 is 0 Å². The maximum absolute atomic E-state index is 13.1. The summed E-state index contributed by atoms with van der Waals surface area (Å²) in [6, 6.07) is 12.1. The first-order valence-electron chi connectivity index (χ1n) is 9.88. The molecule has 1 amide bonds. The Balaban J connectivity index is 0.00000150. The standard InChI is InChI=1S/C21H27N5O.2ClH/c22-13-17-14-26(15-18(17)16-7-3-1-4-8-16)20(27)19-9-10-23-21(24-19)25-11-5-2-6-12-25;;/h1,3-4,7-10,17-18H,2,5-6,11-15,22H2;2*1H/t17-,18+;;/m1../s1. The van der Waals surface area contributed by atoms with Crippen molar-refractivity contribution in [3.05, 3.63) is 53.9 Å². The van der Waals surface area contributed by atoms with Crippen molar-refractivity contribution < 1.29 is 4.79 Å². The number of anilines is 1. The highest BCUT2D eigenvalue weighted by molar-refractivity contribution is 5.92. The topological polar surface area (TPSA) is 75.3 Å². The molecule has 1 aromatic heterocycles. The second-order valence-corrected chi connectivity index (χ2v) is 7.51. The molecule has 0 unspecified atom stereocenters. The van der Waals surface area contributed by atoms with Crippen LogP contribution < -0.4 is 10.6 Å². The molecule has 158 valence electrons. The molecule has 1 aromatic carbocycles. The highest BCUT2D eigenvalue weighted by atomic mass is 35.5. The van der Waals surface area contributed by atoms with Gasteiger partial charge in [-0.3, -0.25) is 4.79 Å². The lowest BCUT2D eigenvalue weighted by molar-refractivity contribution is 0.0780. The number of piperidine rings is 1. The Morgan fingerprint density at radius 3 is 2.45 bits per heavy atom. The third kappa shape index (κ3) is 5.18. The SMILES string of the molecule is Cl.Cl.NC[C@@H]1CN(C(=O)c2ccnc(N3CCCCC3)n2)C[C@H]1c1ccccc1.